The van der Waals surface area contributed by atoms with Crippen LogP contribution >= 0.6 is 11.8 Å². The van der Waals surface area contributed by atoms with Crippen LogP contribution in [0.25, 0.3) is 0 Å². The minimum Gasteiger partial charge on any atom is -0.298 e. The monoisotopic (exact) mass is 250 g/mol. The highest BCUT2D eigenvalue weighted by Gasteiger charge is 2.13. The Bertz CT molecular complexity index is 321. The molecule has 1 aromatic rings. The summed E-state index contributed by atoms with van der Waals surface area (Å²) in [5.74, 6) is 0.384. The number of carbonyl (C=O) groups is 1. The van der Waals surface area contributed by atoms with Crippen molar-refractivity contribution in [2.75, 3.05) is 0 Å². The van der Waals surface area contributed by atoms with Gasteiger partial charge >= 0.3 is 0 Å². The van der Waals surface area contributed by atoms with Crippen molar-refractivity contribution in [3.05, 3.63) is 30.3 Å². The fourth-order valence-electron chi connectivity index (χ4n) is 1.70. The van der Waals surface area contributed by atoms with E-state index in [1.165, 1.54) is 24.2 Å². The SMILES string of the molecule is CCCCCCC(=O)C(C)Sc1ccccc1. The summed E-state index contributed by atoms with van der Waals surface area (Å²) in [7, 11) is 0. The maximum Gasteiger partial charge on any atom is 0.145 e. The number of unbranched alkanes of at least 4 members (excludes halogenated alkanes) is 3. The summed E-state index contributed by atoms with van der Waals surface area (Å²) in [6.45, 7) is 4.20. The van der Waals surface area contributed by atoms with Gasteiger partial charge in [0.2, 0.25) is 0 Å². The Labute approximate surface area is 109 Å². The number of hydrogen-bond donors (Lipinski definition) is 0. The van der Waals surface area contributed by atoms with Crippen molar-refractivity contribution in [2.45, 2.75) is 56.1 Å². The molecule has 0 aliphatic rings. The van der Waals surface area contributed by atoms with Gasteiger partial charge in [0, 0.05) is 11.3 Å². The largest absolute Gasteiger partial charge is 0.298 e. The molecular formula is C15H22OS. The lowest BCUT2D eigenvalue weighted by atomic mass is 10.1. The molecule has 17 heavy (non-hydrogen) atoms. The fourth-order valence-corrected chi connectivity index (χ4v) is 2.67. The first-order chi connectivity index (χ1) is 8.24. The van der Waals surface area contributed by atoms with E-state index in [4.69, 9.17) is 0 Å². The lowest BCUT2D eigenvalue weighted by molar-refractivity contribution is -0.118. The highest BCUT2D eigenvalue weighted by Crippen LogP contribution is 2.24. The normalized spacial score (nSPS) is 12.4. The first-order valence-electron chi connectivity index (χ1n) is 6.48. The molecule has 0 fully saturated rings. The molecule has 1 rings (SSSR count). The number of carbonyl (C=O) groups excluding carboxylic acids is 1. The van der Waals surface area contributed by atoms with Gasteiger partial charge in [0.25, 0.3) is 0 Å². The molecule has 1 unspecified atom stereocenters. The molecule has 1 atom stereocenters. The second kappa shape index (κ2) is 8.35. The molecule has 0 saturated heterocycles. The van der Waals surface area contributed by atoms with Crippen LogP contribution in [0.15, 0.2) is 35.2 Å². The van der Waals surface area contributed by atoms with E-state index in [2.05, 4.69) is 19.1 Å². The quantitative estimate of drug-likeness (QED) is 0.491. The minimum absolute atomic E-state index is 0.0824. The molecule has 0 radical (unpaired) electrons. The Morgan fingerprint density at radius 1 is 1.18 bits per heavy atom. The van der Waals surface area contributed by atoms with Crippen LogP contribution < -0.4 is 0 Å². The van der Waals surface area contributed by atoms with Crippen molar-refractivity contribution in [1.82, 2.24) is 0 Å². The molecule has 0 spiro atoms. The van der Waals surface area contributed by atoms with Gasteiger partial charge in [-0.25, -0.2) is 0 Å². The average molecular weight is 250 g/mol. The summed E-state index contributed by atoms with van der Waals surface area (Å²) in [6, 6.07) is 10.2. The van der Waals surface area contributed by atoms with Crippen LogP contribution in [-0.2, 0) is 4.79 Å². The summed E-state index contributed by atoms with van der Waals surface area (Å²) >= 11 is 1.67. The van der Waals surface area contributed by atoms with E-state index < -0.39 is 0 Å². The zero-order valence-corrected chi connectivity index (χ0v) is 11.6. The van der Waals surface area contributed by atoms with E-state index in [1.54, 1.807) is 11.8 Å². The number of ketones is 1. The second-order valence-corrected chi connectivity index (χ2v) is 5.76. The van der Waals surface area contributed by atoms with Crippen LogP contribution in [0, 0.1) is 0 Å². The van der Waals surface area contributed by atoms with Gasteiger partial charge in [-0.2, -0.15) is 0 Å². The molecule has 0 saturated carbocycles. The van der Waals surface area contributed by atoms with E-state index in [0.717, 1.165) is 12.8 Å². The minimum atomic E-state index is 0.0824. The first-order valence-corrected chi connectivity index (χ1v) is 7.36. The Morgan fingerprint density at radius 2 is 1.88 bits per heavy atom. The zero-order valence-electron chi connectivity index (χ0n) is 10.8. The van der Waals surface area contributed by atoms with Crippen molar-refractivity contribution >= 4 is 17.5 Å². The van der Waals surface area contributed by atoms with Crippen molar-refractivity contribution < 1.29 is 4.79 Å². The third-order valence-electron chi connectivity index (χ3n) is 2.79. The Morgan fingerprint density at radius 3 is 2.53 bits per heavy atom. The number of Topliss-reactive ketones (excluding diaryl/α,β-unsaturated/α-hetero) is 1. The lowest BCUT2D eigenvalue weighted by Crippen LogP contribution is -2.12. The zero-order chi connectivity index (χ0) is 12.5. The number of rotatable bonds is 8. The molecular weight excluding hydrogens is 228 g/mol. The third-order valence-corrected chi connectivity index (χ3v) is 3.95. The Kier molecular flexibility index (Phi) is 7.02. The van der Waals surface area contributed by atoms with Crippen LogP contribution in [-0.4, -0.2) is 11.0 Å². The highest BCUT2D eigenvalue weighted by molar-refractivity contribution is 8.00. The van der Waals surface area contributed by atoms with Gasteiger partial charge in [0.15, 0.2) is 0 Å². The van der Waals surface area contributed by atoms with Crippen molar-refractivity contribution in [3.63, 3.8) is 0 Å². The molecule has 0 bridgehead atoms. The molecule has 0 aliphatic carbocycles. The van der Waals surface area contributed by atoms with Gasteiger partial charge in [0.1, 0.15) is 5.78 Å². The van der Waals surface area contributed by atoms with Gasteiger partial charge < -0.3 is 0 Å². The van der Waals surface area contributed by atoms with Gasteiger partial charge in [0.05, 0.1) is 5.25 Å². The van der Waals surface area contributed by atoms with E-state index in [9.17, 15) is 4.79 Å². The summed E-state index contributed by atoms with van der Waals surface area (Å²) in [5.41, 5.74) is 0. The van der Waals surface area contributed by atoms with E-state index >= 15 is 0 Å². The van der Waals surface area contributed by atoms with Gasteiger partial charge in [-0.1, -0.05) is 44.4 Å². The van der Waals surface area contributed by atoms with Crippen molar-refractivity contribution in [3.8, 4) is 0 Å². The number of hydrogen-bond acceptors (Lipinski definition) is 2. The smallest absolute Gasteiger partial charge is 0.145 e. The summed E-state index contributed by atoms with van der Waals surface area (Å²) < 4.78 is 0. The van der Waals surface area contributed by atoms with Crippen LogP contribution in [0.3, 0.4) is 0 Å². The van der Waals surface area contributed by atoms with Crippen molar-refractivity contribution in [1.29, 1.82) is 0 Å². The van der Waals surface area contributed by atoms with E-state index in [-0.39, 0.29) is 5.25 Å². The summed E-state index contributed by atoms with van der Waals surface area (Å²) in [4.78, 5) is 13.1. The lowest BCUT2D eigenvalue weighted by Gasteiger charge is -2.09. The Balaban J connectivity index is 2.27. The average Bonchev–Trinajstić information content (AvgIpc) is 2.35. The van der Waals surface area contributed by atoms with Crippen molar-refractivity contribution in [2.24, 2.45) is 0 Å². The molecule has 1 nitrogen and oxygen atoms in total. The van der Waals surface area contributed by atoms with E-state index in [0.29, 0.717) is 5.78 Å². The summed E-state index contributed by atoms with van der Waals surface area (Å²) in [6.07, 6.45) is 5.44. The maximum absolute atomic E-state index is 11.9. The van der Waals surface area contributed by atoms with Crippen LogP contribution in [0.4, 0.5) is 0 Å². The van der Waals surface area contributed by atoms with Gasteiger partial charge in [-0.3, -0.25) is 4.79 Å². The molecule has 94 valence electrons. The predicted octanol–water partition coefficient (Wildman–Crippen LogP) is 4.71. The van der Waals surface area contributed by atoms with Crippen LogP contribution in [0.1, 0.15) is 46.0 Å². The third kappa shape index (κ3) is 5.92. The molecule has 0 aromatic heterocycles. The molecule has 2 heteroatoms. The van der Waals surface area contributed by atoms with E-state index in [1.807, 2.05) is 25.1 Å². The summed E-state index contributed by atoms with van der Waals surface area (Å²) in [5, 5.41) is 0.0824. The molecule has 0 aliphatic heterocycles. The number of thioether (sulfide) groups is 1. The second-order valence-electron chi connectivity index (χ2n) is 4.35. The van der Waals surface area contributed by atoms with Gasteiger partial charge in [-0.15, -0.1) is 11.8 Å². The van der Waals surface area contributed by atoms with Crippen LogP contribution in [0.2, 0.25) is 0 Å². The molecule has 0 amide bonds. The predicted molar refractivity (Wildman–Crippen MR) is 75.5 cm³/mol. The maximum atomic E-state index is 11.9. The van der Waals surface area contributed by atoms with Crippen LogP contribution in [0.5, 0.6) is 0 Å². The van der Waals surface area contributed by atoms with Gasteiger partial charge in [-0.05, 0) is 25.5 Å². The topological polar surface area (TPSA) is 17.1 Å². The standard InChI is InChI=1S/C15H22OS/c1-3-4-5-9-12-15(16)13(2)17-14-10-7-6-8-11-14/h6-8,10-11,13H,3-5,9,12H2,1-2H3. The first kappa shape index (κ1) is 14.3. The Hall–Kier alpha value is -0.760. The molecule has 0 N–H and O–H groups in total. The highest BCUT2D eigenvalue weighted by atomic mass is 32.2. The molecule has 0 heterocycles. The molecule has 1 aromatic carbocycles. The fraction of sp³-hybridized carbons (Fsp3) is 0.533. The number of benzene rings is 1.